The summed E-state index contributed by atoms with van der Waals surface area (Å²) in [6, 6.07) is 4.86. The molecule has 1 aliphatic carbocycles. The van der Waals surface area contributed by atoms with Crippen LogP contribution in [0.2, 0.25) is 0 Å². The smallest absolute Gasteiger partial charge is 0.223 e. The minimum atomic E-state index is -0.379. The lowest BCUT2D eigenvalue weighted by molar-refractivity contribution is -0.122. The van der Waals surface area contributed by atoms with Crippen molar-refractivity contribution in [3.63, 3.8) is 0 Å². The summed E-state index contributed by atoms with van der Waals surface area (Å²) >= 11 is 0. The van der Waals surface area contributed by atoms with E-state index in [0.29, 0.717) is 32.2 Å². The molecule has 0 aromatic heterocycles. The summed E-state index contributed by atoms with van der Waals surface area (Å²) in [5, 5.41) is 9.18. The third-order valence-electron chi connectivity index (χ3n) is 3.72. The fraction of sp³-hybridized carbons (Fsp3) is 0.556. The molecule has 6 nitrogen and oxygen atoms in total. The third-order valence-corrected chi connectivity index (χ3v) is 3.72. The molecule has 1 aromatic carbocycles. The molecule has 1 fully saturated rings. The Kier molecular flexibility index (Phi) is 7.50. The molecule has 0 unspecified atom stereocenters. The lowest BCUT2D eigenvalue weighted by Crippen LogP contribution is -2.41. The summed E-state index contributed by atoms with van der Waals surface area (Å²) < 4.78 is 19.1. The van der Waals surface area contributed by atoms with E-state index in [0.717, 1.165) is 24.9 Å². The number of carbonyl (C=O) groups is 1. The molecule has 0 atom stereocenters. The first-order chi connectivity index (χ1) is 12.1. The Hall–Kier alpha value is -2.31. The molecule has 0 aliphatic heterocycles. The maximum atomic E-state index is 13.9. The van der Waals surface area contributed by atoms with Crippen molar-refractivity contribution in [1.29, 1.82) is 0 Å². The molecular weight excluding hydrogens is 323 g/mol. The largest absolute Gasteiger partial charge is 0.491 e. The molecular formula is C18H27FN4O2. The van der Waals surface area contributed by atoms with Gasteiger partial charge in [0.1, 0.15) is 0 Å². The molecule has 0 spiro atoms. The van der Waals surface area contributed by atoms with E-state index in [1.807, 2.05) is 13.8 Å². The fourth-order valence-electron chi connectivity index (χ4n) is 2.28. The van der Waals surface area contributed by atoms with Crippen LogP contribution < -0.4 is 20.7 Å². The number of hydrogen-bond donors (Lipinski definition) is 3. The highest BCUT2D eigenvalue weighted by molar-refractivity contribution is 5.81. The minimum absolute atomic E-state index is 0.133. The number of rotatable bonds is 9. The summed E-state index contributed by atoms with van der Waals surface area (Å²) in [7, 11) is 0. The SMILES string of the molecule is CCNC(=NCc1ccc(OCC)c(F)c1)NCCNC(=O)C1CC1. The van der Waals surface area contributed by atoms with Crippen molar-refractivity contribution in [2.75, 3.05) is 26.2 Å². The molecule has 1 aromatic rings. The average Bonchev–Trinajstić information content (AvgIpc) is 3.43. The second-order valence-corrected chi connectivity index (χ2v) is 5.89. The van der Waals surface area contributed by atoms with Crippen LogP contribution in [0.3, 0.4) is 0 Å². The van der Waals surface area contributed by atoms with Crippen molar-refractivity contribution in [2.45, 2.75) is 33.2 Å². The van der Waals surface area contributed by atoms with E-state index in [-0.39, 0.29) is 23.4 Å². The van der Waals surface area contributed by atoms with Crippen molar-refractivity contribution >= 4 is 11.9 Å². The first kappa shape index (κ1) is 19.0. The van der Waals surface area contributed by atoms with Crippen LogP contribution in [0.15, 0.2) is 23.2 Å². The first-order valence-electron chi connectivity index (χ1n) is 8.85. The maximum absolute atomic E-state index is 13.9. The molecule has 1 amide bonds. The number of benzene rings is 1. The number of aliphatic imine (C=N–C) groups is 1. The molecule has 138 valence electrons. The van der Waals surface area contributed by atoms with Gasteiger partial charge in [0.25, 0.3) is 0 Å². The monoisotopic (exact) mass is 350 g/mol. The predicted molar refractivity (Wildman–Crippen MR) is 96.1 cm³/mol. The zero-order chi connectivity index (χ0) is 18.1. The van der Waals surface area contributed by atoms with Gasteiger partial charge >= 0.3 is 0 Å². The summed E-state index contributed by atoms with van der Waals surface area (Å²) in [5.41, 5.74) is 0.764. The van der Waals surface area contributed by atoms with Crippen molar-refractivity contribution in [1.82, 2.24) is 16.0 Å². The van der Waals surface area contributed by atoms with Crippen molar-refractivity contribution in [3.05, 3.63) is 29.6 Å². The van der Waals surface area contributed by atoms with Crippen LogP contribution in [-0.4, -0.2) is 38.1 Å². The van der Waals surface area contributed by atoms with E-state index < -0.39 is 0 Å². The van der Waals surface area contributed by atoms with Crippen LogP contribution in [0.4, 0.5) is 4.39 Å². The van der Waals surface area contributed by atoms with Gasteiger partial charge in [0, 0.05) is 25.6 Å². The molecule has 1 aliphatic rings. The summed E-state index contributed by atoms with van der Waals surface area (Å²) in [6.45, 7) is 6.44. The van der Waals surface area contributed by atoms with Gasteiger partial charge in [-0.05, 0) is 44.4 Å². The van der Waals surface area contributed by atoms with E-state index in [1.54, 1.807) is 12.1 Å². The van der Waals surface area contributed by atoms with Crippen LogP contribution in [0.1, 0.15) is 32.3 Å². The van der Waals surface area contributed by atoms with Crippen LogP contribution in [0.25, 0.3) is 0 Å². The van der Waals surface area contributed by atoms with Crippen molar-refractivity contribution < 1.29 is 13.9 Å². The van der Waals surface area contributed by atoms with E-state index >= 15 is 0 Å². The zero-order valence-electron chi connectivity index (χ0n) is 14.9. The van der Waals surface area contributed by atoms with Gasteiger partial charge in [-0.15, -0.1) is 0 Å². The van der Waals surface area contributed by atoms with E-state index in [4.69, 9.17) is 4.74 Å². The van der Waals surface area contributed by atoms with Gasteiger partial charge in [0.05, 0.1) is 13.2 Å². The number of nitrogens with zero attached hydrogens (tertiary/aromatic N) is 1. The molecule has 0 heterocycles. The van der Waals surface area contributed by atoms with Gasteiger partial charge < -0.3 is 20.7 Å². The molecule has 1 saturated carbocycles. The third kappa shape index (κ3) is 6.60. The summed E-state index contributed by atoms with van der Waals surface area (Å²) in [4.78, 5) is 16.0. The Morgan fingerprint density at radius 1 is 1.24 bits per heavy atom. The predicted octanol–water partition coefficient (Wildman–Crippen LogP) is 1.81. The molecule has 0 radical (unpaired) electrons. The average molecular weight is 350 g/mol. The lowest BCUT2D eigenvalue weighted by atomic mass is 10.2. The number of carbonyl (C=O) groups excluding carboxylic acids is 1. The van der Waals surface area contributed by atoms with Crippen molar-refractivity contribution in [2.24, 2.45) is 10.9 Å². The van der Waals surface area contributed by atoms with Crippen LogP contribution in [0.5, 0.6) is 5.75 Å². The first-order valence-corrected chi connectivity index (χ1v) is 8.85. The molecule has 3 N–H and O–H groups in total. The maximum Gasteiger partial charge on any atom is 0.223 e. The number of ether oxygens (including phenoxy) is 1. The highest BCUT2D eigenvalue weighted by Crippen LogP contribution is 2.28. The highest BCUT2D eigenvalue weighted by Gasteiger charge is 2.28. The lowest BCUT2D eigenvalue weighted by Gasteiger charge is -2.12. The number of hydrogen-bond acceptors (Lipinski definition) is 3. The van der Waals surface area contributed by atoms with Gasteiger partial charge in [-0.1, -0.05) is 6.07 Å². The molecule has 0 saturated heterocycles. The van der Waals surface area contributed by atoms with Gasteiger partial charge in [-0.25, -0.2) is 9.38 Å². The van der Waals surface area contributed by atoms with Crippen LogP contribution in [-0.2, 0) is 11.3 Å². The zero-order valence-corrected chi connectivity index (χ0v) is 14.9. The Morgan fingerprint density at radius 2 is 2.00 bits per heavy atom. The number of nitrogens with one attached hydrogen (secondary N) is 3. The molecule has 7 heteroatoms. The highest BCUT2D eigenvalue weighted by atomic mass is 19.1. The number of guanidine groups is 1. The standard InChI is InChI=1S/C18H27FN4O2/c1-3-20-18(22-10-9-21-17(24)14-6-7-14)23-12-13-5-8-16(25-4-2)15(19)11-13/h5,8,11,14H,3-4,6-7,9-10,12H2,1-2H3,(H,21,24)(H2,20,22,23). The second kappa shape index (κ2) is 9.86. The van der Waals surface area contributed by atoms with Crippen molar-refractivity contribution in [3.8, 4) is 5.75 Å². The Morgan fingerprint density at radius 3 is 2.64 bits per heavy atom. The second-order valence-electron chi connectivity index (χ2n) is 5.89. The molecule has 25 heavy (non-hydrogen) atoms. The summed E-state index contributed by atoms with van der Waals surface area (Å²) in [5.74, 6) is 0.865. The summed E-state index contributed by atoms with van der Waals surface area (Å²) in [6.07, 6.45) is 2.00. The normalized spacial score (nSPS) is 14.1. The minimum Gasteiger partial charge on any atom is -0.491 e. The number of halogens is 1. The van der Waals surface area contributed by atoms with E-state index in [1.165, 1.54) is 6.07 Å². The topological polar surface area (TPSA) is 74.8 Å². The Labute approximate surface area is 148 Å². The fourth-order valence-corrected chi connectivity index (χ4v) is 2.28. The Bertz CT molecular complexity index is 603. The van der Waals surface area contributed by atoms with Gasteiger partial charge in [-0.3, -0.25) is 4.79 Å². The van der Waals surface area contributed by atoms with Crippen LogP contribution >= 0.6 is 0 Å². The molecule has 2 rings (SSSR count). The van der Waals surface area contributed by atoms with E-state index in [9.17, 15) is 9.18 Å². The molecule has 0 bridgehead atoms. The Balaban J connectivity index is 1.81. The van der Waals surface area contributed by atoms with Crippen LogP contribution in [0, 0.1) is 11.7 Å². The quantitative estimate of drug-likeness (QED) is 0.361. The van der Waals surface area contributed by atoms with Gasteiger partial charge in [-0.2, -0.15) is 0 Å². The van der Waals surface area contributed by atoms with Gasteiger partial charge in [0.15, 0.2) is 17.5 Å². The van der Waals surface area contributed by atoms with E-state index in [2.05, 4.69) is 20.9 Å². The van der Waals surface area contributed by atoms with Gasteiger partial charge in [0.2, 0.25) is 5.91 Å². The number of amides is 1.